The molecule has 19 heavy (non-hydrogen) atoms. The summed E-state index contributed by atoms with van der Waals surface area (Å²) in [6.07, 6.45) is 2.27. The Balaban J connectivity index is 1.75. The summed E-state index contributed by atoms with van der Waals surface area (Å²) in [6.45, 7) is 0.737. The van der Waals surface area contributed by atoms with Gasteiger partial charge in [-0.25, -0.2) is 4.98 Å². The highest BCUT2D eigenvalue weighted by Crippen LogP contribution is 2.32. The van der Waals surface area contributed by atoms with E-state index in [2.05, 4.69) is 31.1 Å². The smallest absolute Gasteiger partial charge is 0.240 e. The monoisotopic (exact) mass is 338 g/mol. The molecule has 1 aromatic carbocycles. The fraction of sp³-hybridized carbons (Fsp3) is 0.250. The molecule has 1 aromatic heterocycles. The Hall–Kier alpha value is -1.34. The van der Waals surface area contributed by atoms with Gasteiger partial charge in [0.15, 0.2) is 5.16 Å². The van der Waals surface area contributed by atoms with Crippen LogP contribution in [0.2, 0.25) is 0 Å². The molecule has 0 radical (unpaired) electrons. The first kappa shape index (κ1) is 12.7. The topological polar surface area (TPSA) is 61.9 Å². The predicted molar refractivity (Wildman–Crippen MR) is 77.1 cm³/mol. The van der Waals surface area contributed by atoms with Crippen LogP contribution in [0.1, 0.15) is 6.42 Å². The number of carbonyl (C=O) groups is 1. The number of H-pyrrole nitrogens is 1. The third kappa shape index (κ3) is 2.66. The summed E-state index contributed by atoms with van der Waals surface area (Å²) < 4.78 is 0.976. The van der Waals surface area contributed by atoms with E-state index in [0.29, 0.717) is 5.16 Å². The van der Waals surface area contributed by atoms with Crippen LogP contribution in [0, 0.1) is 0 Å². The van der Waals surface area contributed by atoms with Gasteiger partial charge in [-0.1, -0.05) is 33.8 Å². The van der Waals surface area contributed by atoms with E-state index < -0.39 is 0 Å². The predicted octanol–water partition coefficient (Wildman–Crippen LogP) is 2.46. The van der Waals surface area contributed by atoms with Crippen LogP contribution in [0.4, 0.5) is 5.69 Å². The van der Waals surface area contributed by atoms with Crippen LogP contribution in [-0.2, 0) is 4.79 Å². The van der Waals surface area contributed by atoms with Crippen molar-refractivity contribution < 1.29 is 4.79 Å². The van der Waals surface area contributed by atoms with Crippen molar-refractivity contribution in [2.75, 3.05) is 11.4 Å². The van der Waals surface area contributed by atoms with Gasteiger partial charge < -0.3 is 4.90 Å². The van der Waals surface area contributed by atoms with E-state index in [-0.39, 0.29) is 11.2 Å². The Bertz CT molecular complexity index is 589. The Morgan fingerprint density at radius 3 is 3.11 bits per heavy atom. The number of anilines is 1. The quantitative estimate of drug-likeness (QED) is 0.933. The number of hydrogen-bond donors (Lipinski definition) is 1. The number of rotatable bonds is 3. The lowest BCUT2D eigenvalue weighted by atomic mass is 10.3. The lowest BCUT2D eigenvalue weighted by Crippen LogP contribution is -2.28. The minimum Gasteiger partial charge on any atom is -0.311 e. The van der Waals surface area contributed by atoms with Crippen LogP contribution in [0.3, 0.4) is 0 Å². The van der Waals surface area contributed by atoms with E-state index in [1.54, 1.807) is 0 Å². The average molecular weight is 339 g/mol. The number of aromatic amines is 1. The lowest BCUT2D eigenvalue weighted by molar-refractivity contribution is -0.116. The van der Waals surface area contributed by atoms with Gasteiger partial charge in [-0.2, -0.15) is 5.10 Å². The van der Waals surface area contributed by atoms with Gasteiger partial charge in [0.25, 0.3) is 0 Å². The first-order valence-corrected chi connectivity index (χ1v) is 7.50. The number of aromatic nitrogens is 3. The molecule has 3 rings (SSSR count). The molecule has 7 heteroatoms. The third-order valence-electron chi connectivity index (χ3n) is 2.92. The number of nitrogens with one attached hydrogen (secondary N) is 1. The number of carbonyl (C=O) groups excluding carboxylic acids is 1. The van der Waals surface area contributed by atoms with Gasteiger partial charge >= 0.3 is 0 Å². The summed E-state index contributed by atoms with van der Waals surface area (Å²) in [6, 6.07) is 7.79. The van der Waals surface area contributed by atoms with Crippen molar-refractivity contribution >= 4 is 39.3 Å². The van der Waals surface area contributed by atoms with E-state index in [1.165, 1.54) is 18.1 Å². The molecule has 1 saturated heterocycles. The van der Waals surface area contributed by atoms with Gasteiger partial charge in [-0.3, -0.25) is 9.89 Å². The minimum atomic E-state index is -0.0908. The molecule has 2 aromatic rings. The van der Waals surface area contributed by atoms with Crippen LogP contribution in [-0.4, -0.2) is 32.9 Å². The molecule has 2 heterocycles. The first-order valence-electron chi connectivity index (χ1n) is 5.83. The van der Waals surface area contributed by atoms with E-state index in [4.69, 9.17) is 0 Å². The van der Waals surface area contributed by atoms with Crippen molar-refractivity contribution in [2.45, 2.75) is 16.8 Å². The van der Waals surface area contributed by atoms with Gasteiger partial charge in [-0.05, 0) is 24.6 Å². The maximum Gasteiger partial charge on any atom is 0.240 e. The molecule has 1 aliphatic rings. The molecule has 1 fully saturated rings. The number of thioether (sulfide) groups is 1. The van der Waals surface area contributed by atoms with E-state index in [0.717, 1.165) is 23.1 Å². The molecule has 1 N–H and O–H groups in total. The molecule has 0 aliphatic carbocycles. The highest BCUT2D eigenvalue weighted by molar-refractivity contribution is 9.10. The molecule has 1 unspecified atom stereocenters. The maximum absolute atomic E-state index is 12.4. The molecule has 5 nitrogen and oxygen atoms in total. The minimum absolute atomic E-state index is 0.0908. The molecular weight excluding hydrogens is 328 g/mol. The molecular formula is C12H11BrN4OS. The van der Waals surface area contributed by atoms with Crippen molar-refractivity contribution in [1.29, 1.82) is 0 Å². The molecule has 1 aliphatic heterocycles. The summed E-state index contributed by atoms with van der Waals surface area (Å²) in [5.74, 6) is 0.125. The molecule has 0 saturated carbocycles. The van der Waals surface area contributed by atoms with E-state index >= 15 is 0 Å². The second-order valence-electron chi connectivity index (χ2n) is 4.16. The Labute approximate surface area is 122 Å². The van der Waals surface area contributed by atoms with Gasteiger partial charge in [0.1, 0.15) is 6.33 Å². The van der Waals surface area contributed by atoms with Gasteiger partial charge in [0, 0.05) is 16.7 Å². The average Bonchev–Trinajstić information content (AvgIpc) is 3.01. The fourth-order valence-corrected chi connectivity index (χ4v) is 3.37. The number of halogens is 1. The largest absolute Gasteiger partial charge is 0.311 e. The zero-order valence-corrected chi connectivity index (χ0v) is 12.3. The second kappa shape index (κ2) is 5.34. The van der Waals surface area contributed by atoms with Crippen molar-refractivity contribution in [3.05, 3.63) is 35.1 Å². The summed E-state index contributed by atoms with van der Waals surface area (Å²) in [4.78, 5) is 18.2. The fourth-order valence-electron chi connectivity index (χ4n) is 2.05. The van der Waals surface area contributed by atoms with Gasteiger partial charge in [-0.15, -0.1) is 0 Å². The van der Waals surface area contributed by atoms with Crippen LogP contribution in [0.5, 0.6) is 0 Å². The van der Waals surface area contributed by atoms with Gasteiger partial charge in [0.05, 0.1) is 5.25 Å². The normalized spacial score (nSPS) is 19.1. The molecule has 1 amide bonds. The van der Waals surface area contributed by atoms with Crippen molar-refractivity contribution in [2.24, 2.45) is 0 Å². The number of nitrogens with zero attached hydrogens (tertiary/aromatic N) is 3. The van der Waals surface area contributed by atoms with Crippen molar-refractivity contribution in [3.63, 3.8) is 0 Å². The van der Waals surface area contributed by atoms with Crippen LogP contribution in [0.25, 0.3) is 0 Å². The summed E-state index contributed by atoms with van der Waals surface area (Å²) in [7, 11) is 0. The Kier molecular flexibility index (Phi) is 3.56. The second-order valence-corrected chi connectivity index (χ2v) is 6.26. The number of hydrogen-bond acceptors (Lipinski definition) is 4. The summed E-state index contributed by atoms with van der Waals surface area (Å²) in [5, 5.41) is 7.16. The summed E-state index contributed by atoms with van der Waals surface area (Å²) in [5.41, 5.74) is 0.931. The lowest BCUT2D eigenvalue weighted by Gasteiger charge is -2.16. The van der Waals surface area contributed by atoms with Gasteiger partial charge in [0.2, 0.25) is 5.91 Å². The number of benzene rings is 1. The number of amides is 1. The van der Waals surface area contributed by atoms with Crippen molar-refractivity contribution in [3.8, 4) is 0 Å². The third-order valence-corrected chi connectivity index (χ3v) is 4.56. The van der Waals surface area contributed by atoms with E-state index in [1.807, 2.05) is 29.2 Å². The van der Waals surface area contributed by atoms with Crippen LogP contribution < -0.4 is 4.90 Å². The van der Waals surface area contributed by atoms with Crippen LogP contribution >= 0.6 is 27.7 Å². The SMILES string of the molecule is O=C1C(Sc2ncn[nH]2)CCN1c1cccc(Br)c1. The van der Waals surface area contributed by atoms with Crippen LogP contribution in [0.15, 0.2) is 40.2 Å². The first-order chi connectivity index (χ1) is 9.24. The molecule has 1 atom stereocenters. The zero-order chi connectivity index (χ0) is 13.2. The summed E-state index contributed by atoms with van der Waals surface area (Å²) >= 11 is 4.86. The zero-order valence-electron chi connectivity index (χ0n) is 9.91. The Morgan fingerprint density at radius 1 is 1.47 bits per heavy atom. The maximum atomic E-state index is 12.4. The highest BCUT2D eigenvalue weighted by Gasteiger charge is 2.33. The molecule has 0 bridgehead atoms. The Morgan fingerprint density at radius 2 is 2.37 bits per heavy atom. The molecule has 0 spiro atoms. The highest BCUT2D eigenvalue weighted by atomic mass is 79.9. The molecule has 98 valence electrons. The standard InChI is InChI=1S/C12H11BrN4OS/c13-8-2-1-3-9(6-8)17-5-4-10(11(17)18)19-12-14-7-15-16-12/h1-3,6-7,10H,4-5H2,(H,14,15,16). The van der Waals surface area contributed by atoms with E-state index in [9.17, 15) is 4.79 Å². The van der Waals surface area contributed by atoms with Crippen molar-refractivity contribution in [1.82, 2.24) is 15.2 Å².